The van der Waals surface area contributed by atoms with Gasteiger partial charge in [-0.15, -0.1) is 23.2 Å². The predicted octanol–water partition coefficient (Wildman–Crippen LogP) is 3.27. The molecule has 0 aliphatic rings. The molecule has 0 N–H and O–H groups in total. The Morgan fingerprint density at radius 1 is 1.25 bits per heavy atom. The monoisotopic (exact) mass is 276 g/mol. The van der Waals surface area contributed by atoms with E-state index in [1.54, 1.807) is 0 Å². The summed E-state index contributed by atoms with van der Waals surface area (Å²) in [7, 11) is 0. The molecule has 0 spiro atoms. The third-order valence-corrected chi connectivity index (χ3v) is 3.27. The minimum absolute atomic E-state index is 0.0200. The Kier molecular flexibility index (Phi) is 8.06. The summed E-state index contributed by atoms with van der Waals surface area (Å²) in [6.45, 7) is 4.95. The Labute approximate surface area is 92.9 Å². The molecule has 0 aromatic carbocycles. The minimum atomic E-state index is 0.0200. The lowest BCUT2D eigenvalue weighted by atomic mass is 10.2. The second kappa shape index (κ2) is 7.43. The van der Waals surface area contributed by atoms with Crippen LogP contribution >= 0.6 is 39.1 Å². The normalized spacial score (nSPS) is 16.5. The summed E-state index contributed by atoms with van der Waals surface area (Å²) in [5, 5.41) is 0. The highest BCUT2D eigenvalue weighted by atomic mass is 79.9. The molecule has 0 bridgehead atoms. The van der Waals surface area contributed by atoms with Crippen molar-refractivity contribution < 1.29 is 4.74 Å². The van der Waals surface area contributed by atoms with Gasteiger partial charge in [0.05, 0.1) is 10.9 Å². The lowest BCUT2D eigenvalue weighted by Crippen LogP contribution is -2.28. The number of hydrogen-bond acceptors (Lipinski definition) is 1. The first-order chi connectivity index (χ1) is 5.61. The molecule has 0 aromatic rings. The van der Waals surface area contributed by atoms with Crippen LogP contribution in [-0.2, 0) is 4.74 Å². The molecule has 4 heteroatoms. The van der Waals surface area contributed by atoms with E-state index in [1.165, 1.54) is 0 Å². The van der Waals surface area contributed by atoms with Gasteiger partial charge < -0.3 is 4.74 Å². The smallest absolute Gasteiger partial charge is 0.0846 e. The number of halogens is 3. The van der Waals surface area contributed by atoms with Gasteiger partial charge in [-0.2, -0.15) is 0 Å². The van der Waals surface area contributed by atoms with Crippen molar-refractivity contribution in [3.8, 4) is 0 Å². The zero-order valence-corrected chi connectivity index (χ0v) is 10.5. The third kappa shape index (κ3) is 5.63. The lowest BCUT2D eigenvalue weighted by Gasteiger charge is -2.20. The first-order valence-electron chi connectivity index (χ1n) is 3.99. The third-order valence-electron chi connectivity index (χ3n) is 1.35. The van der Waals surface area contributed by atoms with E-state index in [0.29, 0.717) is 17.7 Å². The highest BCUT2D eigenvalue weighted by molar-refractivity contribution is 9.09. The topological polar surface area (TPSA) is 9.23 Å². The summed E-state index contributed by atoms with van der Waals surface area (Å²) in [4.78, 5) is 0.149. The number of alkyl halides is 3. The van der Waals surface area contributed by atoms with Gasteiger partial charge in [0, 0.05) is 18.4 Å². The van der Waals surface area contributed by atoms with Crippen LogP contribution in [0.15, 0.2) is 0 Å². The van der Waals surface area contributed by atoms with Crippen LogP contribution in [0.2, 0.25) is 0 Å². The van der Waals surface area contributed by atoms with Gasteiger partial charge in [-0.05, 0) is 5.92 Å². The molecule has 0 saturated heterocycles. The Morgan fingerprint density at radius 2 is 1.83 bits per heavy atom. The molecule has 2 unspecified atom stereocenters. The molecule has 0 aromatic heterocycles. The van der Waals surface area contributed by atoms with Crippen LogP contribution in [0.3, 0.4) is 0 Å². The van der Waals surface area contributed by atoms with Crippen LogP contribution in [0.4, 0.5) is 0 Å². The first-order valence-corrected chi connectivity index (χ1v) is 5.97. The van der Waals surface area contributed by atoms with E-state index < -0.39 is 0 Å². The lowest BCUT2D eigenvalue weighted by molar-refractivity contribution is 0.0525. The van der Waals surface area contributed by atoms with Gasteiger partial charge >= 0.3 is 0 Å². The van der Waals surface area contributed by atoms with Crippen molar-refractivity contribution >= 4 is 39.1 Å². The standard InChI is InChI=1S/C8H15BrCl2O/c1-6(2)5-12-8(4-11)7(9)3-10/h6-8H,3-5H2,1-2H3. The zero-order chi connectivity index (χ0) is 9.56. The highest BCUT2D eigenvalue weighted by Gasteiger charge is 2.17. The Bertz CT molecular complexity index is 111. The van der Waals surface area contributed by atoms with E-state index in [9.17, 15) is 0 Å². The second-order valence-electron chi connectivity index (χ2n) is 3.09. The highest BCUT2D eigenvalue weighted by Crippen LogP contribution is 2.14. The summed E-state index contributed by atoms with van der Waals surface area (Å²) in [6.07, 6.45) is 0.0200. The van der Waals surface area contributed by atoms with Crippen LogP contribution in [-0.4, -0.2) is 29.3 Å². The van der Waals surface area contributed by atoms with Crippen molar-refractivity contribution in [1.29, 1.82) is 0 Å². The molecule has 0 saturated carbocycles. The molecule has 0 amide bonds. The Balaban J connectivity index is 3.67. The number of rotatable bonds is 6. The molecule has 0 aliphatic carbocycles. The van der Waals surface area contributed by atoms with Crippen LogP contribution in [0, 0.1) is 5.92 Å². The second-order valence-corrected chi connectivity index (χ2v) is 4.88. The van der Waals surface area contributed by atoms with Gasteiger partial charge in [0.1, 0.15) is 0 Å². The van der Waals surface area contributed by atoms with Crippen LogP contribution in [0.1, 0.15) is 13.8 Å². The van der Waals surface area contributed by atoms with Crippen molar-refractivity contribution in [3.63, 3.8) is 0 Å². The molecule has 0 rings (SSSR count). The van der Waals surface area contributed by atoms with Gasteiger partial charge in [0.15, 0.2) is 0 Å². The first kappa shape index (κ1) is 13.0. The fourth-order valence-electron chi connectivity index (χ4n) is 0.661. The SMILES string of the molecule is CC(C)COC(CCl)C(Br)CCl. The van der Waals surface area contributed by atoms with Gasteiger partial charge in [-0.1, -0.05) is 29.8 Å². The maximum absolute atomic E-state index is 5.71. The average molecular weight is 278 g/mol. The van der Waals surface area contributed by atoms with Crippen molar-refractivity contribution in [3.05, 3.63) is 0 Å². The van der Waals surface area contributed by atoms with Gasteiger partial charge in [0.25, 0.3) is 0 Å². The average Bonchev–Trinajstić information content (AvgIpc) is 2.04. The number of ether oxygens (including phenoxy) is 1. The van der Waals surface area contributed by atoms with E-state index in [4.69, 9.17) is 27.9 Å². The molecule has 74 valence electrons. The molecular weight excluding hydrogens is 263 g/mol. The largest absolute Gasteiger partial charge is 0.376 e. The Hall–Kier alpha value is 1.02. The molecular formula is C8H15BrCl2O. The van der Waals surface area contributed by atoms with E-state index in [-0.39, 0.29) is 10.9 Å². The summed E-state index contributed by atoms with van der Waals surface area (Å²) in [5.41, 5.74) is 0. The van der Waals surface area contributed by atoms with Crippen molar-refractivity contribution in [2.75, 3.05) is 18.4 Å². The quantitative estimate of drug-likeness (QED) is 0.677. The molecule has 0 radical (unpaired) electrons. The number of hydrogen-bond donors (Lipinski definition) is 0. The Morgan fingerprint density at radius 3 is 2.17 bits per heavy atom. The van der Waals surface area contributed by atoms with Gasteiger partial charge in [-0.3, -0.25) is 0 Å². The van der Waals surface area contributed by atoms with E-state index in [1.807, 2.05) is 0 Å². The summed E-state index contributed by atoms with van der Waals surface area (Å²) in [5.74, 6) is 1.54. The fraction of sp³-hybridized carbons (Fsp3) is 1.00. The molecule has 12 heavy (non-hydrogen) atoms. The molecule has 2 atom stereocenters. The zero-order valence-electron chi connectivity index (χ0n) is 7.40. The summed E-state index contributed by atoms with van der Waals surface area (Å²) < 4.78 is 5.54. The minimum Gasteiger partial charge on any atom is -0.376 e. The predicted molar refractivity (Wildman–Crippen MR) is 58.7 cm³/mol. The van der Waals surface area contributed by atoms with Crippen molar-refractivity contribution in [1.82, 2.24) is 0 Å². The fourth-order valence-corrected chi connectivity index (χ4v) is 1.72. The van der Waals surface area contributed by atoms with Crippen LogP contribution < -0.4 is 0 Å². The molecule has 0 aliphatic heterocycles. The molecule has 0 fully saturated rings. The summed E-state index contributed by atoms with van der Waals surface area (Å²) in [6, 6.07) is 0. The maximum atomic E-state index is 5.71. The van der Waals surface area contributed by atoms with E-state index in [2.05, 4.69) is 29.8 Å². The van der Waals surface area contributed by atoms with Gasteiger partial charge in [-0.25, -0.2) is 0 Å². The van der Waals surface area contributed by atoms with Crippen LogP contribution in [0.25, 0.3) is 0 Å². The van der Waals surface area contributed by atoms with Gasteiger partial charge in [0.2, 0.25) is 0 Å². The maximum Gasteiger partial charge on any atom is 0.0846 e. The van der Waals surface area contributed by atoms with Crippen molar-refractivity contribution in [2.24, 2.45) is 5.92 Å². The van der Waals surface area contributed by atoms with Crippen LogP contribution in [0.5, 0.6) is 0 Å². The molecule has 1 nitrogen and oxygen atoms in total. The van der Waals surface area contributed by atoms with Crippen molar-refractivity contribution in [2.45, 2.75) is 24.8 Å². The molecule has 0 heterocycles. The summed E-state index contributed by atoms with van der Waals surface area (Å²) >= 11 is 14.8. The van der Waals surface area contributed by atoms with E-state index in [0.717, 1.165) is 6.61 Å². The van der Waals surface area contributed by atoms with E-state index >= 15 is 0 Å².